The molecule has 1 heterocycles. The van der Waals surface area contributed by atoms with Crippen molar-refractivity contribution in [2.24, 2.45) is 5.92 Å². The Hall–Kier alpha value is -2.24. The molecule has 1 N–H and O–H groups in total. The first-order valence-electron chi connectivity index (χ1n) is 8.98. The molecule has 3 rings (SSSR count). The van der Waals surface area contributed by atoms with E-state index in [1.807, 2.05) is 36.4 Å². The molecule has 0 amide bonds. The Balaban J connectivity index is 2.05. The molecule has 0 spiro atoms. The highest BCUT2D eigenvalue weighted by Crippen LogP contribution is 2.41. The number of likely N-dealkylation sites (tertiary alicyclic amines) is 1. The van der Waals surface area contributed by atoms with Gasteiger partial charge in [-0.05, 0) is 50.2 Å². The fourth-order valence-electron chi connectivity index (χ4n) is 3.78. The minimum atomic E-state index is -0.719. The molecule has 1 fully saturated rings. The van der Waals surface area contributed by atoms with Gasteiger partial charge in [-0.25, -0.2) is 0 Å². The standard InChI is InChI=1S/C21H24ClNO4/c1-26-18-6-4-3-5-16(18)20(17-13-15(22)7-8-19(17)27-2)23-11-9-14(10-12-23)21(24)25/h3-8,13-14,20H,9-12H2,1-2H3,(H,24,25). The normalized spacial score (nSPS) is 16.7. The van der Waals surface area contributed by atoms with Crippen LogP contribution in [0.3, 0.4) is 0 Å². The van der Waals surface area contributed by atoms with Gasteiger partial charge in [0.25, 0.3) is 0 Å². The molecule has 0 aromatic heterocycles. The number of benzene rings is 2. The summed E-state index contributed by atoms with van der Waals surface area (Å²) in [5.74, 6) is 0.519. The van der Waals surface area contributed by atoms with E-state index in [9.17, 15) is 9.90 Å². The number of nitrogens with zero attached hydrogens (tertiary/aromatic N) is 1. The van der Waals surface area contributed by atoms with E-state index < -0.39 is 5.97 Å². The Bertz CT molecular complexity index is 803. The van der Waals surface area contributed by atoms with E-state index in [0.29, 0.717) is 31.0 Å². The predicted molar refractivity (Wildman–Crippen MR) is 105 cm³/mol. The smallest absolute Gasteiger partial charge is 0.306 e. The summed E-state index contributed by atoms with van der Waals surface area (Å²) < 4.78 is 11.2. The fraction of sp³-hybridized carbons (Fsp3) is 0.381. The van der Waals surface area contributed by atoms with Gasteiger partial charge < -0.3 is 14.6 Å². The summed E-state index contributed by atoms with van der Waals surface area (Å²) in [7, 11) is 3.30. The number of hydrogen-bond acceptors (Lipinski definition) is 4. The number of piperidine rings is 1. The Morgan fingerprint density at radius 2 is 1.70 bits per heavy atom. The van der Waals surface area contributed by atoms with E-state index in [-0.39, 0.29) is 12.0 Å². The van der Waals surface area contributed by atoms with Crippen molar-refractivity contribution in [3.8, 4) is 11.5 Å². The number of rotatable bonds is 6. The zero-order valence-electron chi connectivity index (χ0n) is 15.5. The molecule has 1 unspecified atom stereocenters. The van der Waals surface area contributed by atoms with E-state index in [2.05, 4.69) is 4.90 Å². The zero-order chi connectivity index (χ0) is 19.4. The summed E-state index contributed by atoms with van der Waals surface area (Å²) in [6.07, 6.45) is 1.23. The minimum Gasteiger partial charge on any atom is -0.496 e. The van der Waals surface area contributed by atoms with Crippen molar-refractivity contribution >= 4 is 17.6 Å². The predicted octanol–water partition coefficient (Wildman–Crippen LogP) is 4.24. The van der Waals surface area contributed by atoms with Gasteiger partial charge in [0.1, 0.15) is 11.5 Å². The summed E-state index contributed by atoms with van der Waals surface area (Å²) >= 11 is 6.30. The van der Waals surface area contributed by atoms with Gasteiger partial charge in [-0.3, -0.25) is 9.69 Å². The molecule has 144 valence electrons. The third-order valence-corrected chi connectivity index (χ3v) is 5.40. The van der Waals surface area contributed by atoms with Crippen molar-refractivity contribution in [2.75, 3.05) is 27.3 Å². The van der Waals surface area contributed by atoms with Crippen molar-refractivity contribution in [3.63, 3.8) is 0 Å². The second-order valence-electron chi connectivity index (χ2n) is 6.68. The molecule has 0 saturated carbocycles. The number of para-hydroxylation sites is 1. The quantitative estimate of drug-likeness (QED) is 0.800. The highest BCUT2D eigenvalue weighted by atomic mass is 35.5. The Morgan fingerprint density at radius 1 is 1.07 bits per heavy atom. The highest BCUT2D eigenvalue weighted by Gasteiger charge is 2.33. The van der Waals surface area contributed by atoms with Crippen molar-refractivity contribution in [3.05, 3.63) is 58.6 Å². The van der Waals surface area contributed by atoms with Gasteiger partial charge in [0.05, 0.1) is 26.2 Å². The van der Waals surface area contributed by atoms with Crippen molar-refractivity contribution in [1.29, 1.82) is 0 Å². The number of methoxy groups -OCH3 is 2. The maximum absolute atomic E-state index is 11.3. The number of aliphatic carboxylic acids is 1. The molecule has 5 nitrogen and oxygen atoms in total. The lowest BCUT2D eigenvalue weighted by molar-refractivity contribution is -0.143. The molecule has 2 aromatic carbocycles. The number of carbonyl (C=O) groups is 1. The van der Waals surface area contributed by atoms with Gasteiger partial charge in [0, 0.05) is 16.1 Å². The van der Waals surface area contributed by atoms with E-state index in [4.69, 9.17) is 21.1 Å². The molecule has 1 atom stereocenters. The minimum absolute atomic E-state index is 0.135. The summed E-state index contributed by atoms with van der Waals surface area (Å²) in [6, 6.07) is 13.3. The third-order valence-electron chi connectivity index (χ3n) is 5.16. The topological polar surface area (TPSA) is 59.0 Å². The van der Waals surface area contributed by atoms with Gasteiger partial charge in [-0.15, -0.1) is 0 Å². The average molecular weight is 390 g/mol. The number of halogens is 1. The van der Waals surface area contributed by atoms with E-state index >= 15 is 0 Å². The number of carboxylic acids is 1. The fourth-order valence-corrected chi connectivity index (χ4v) is 3.96. The van der Waals surface area contributed by atoms with Crippen LogP contribution in [0.1, 0.15) is 30.0 Å². The molecule has 1 saturated heterocycles. The Morgan fingerprint density at radius 3 is 2.33 bits per heavy atom. The monoisotopic (exact) mass is 389 g/mol. The largest absolute Gasteiger partial charge is 0.496 e. The summed E-state index contributed by atoms with van der Waals surface area (Å²) in [4.78, 5) is 13.6. The first-order chi connectivity index (χ1) is 13.0. The molecule has 0 radical (unpaired) electrons. The van der Waals surface area contributed by atoms with Gasteiger partial charge in [0.2, 0.25) is 0 Å². The molecule has 27 heavy (non-hydrogen) atoms. The van der Waals surface area contributed by atoms with Crippen molar-refractivity contribution < 1.29 is 19.4 Å². The highest BCUT2D eigenvalue weighted by molar-refractivity contribution is 6.30. The van der Waals surface area contributed by atoms with Gasteiger partial charge in [0.15, 0.2) is 0 Å². The van der Waals surface area contributed by atoms with E-state index in [1.165, 1.54) is 0 Å². The van der Waals surface area contributed by atoms with Crippen LogP contribution in [0, 0.1) is 5.92 Å². The van der Waals surface area contributed by atoms with Crippen molar-refractivity contribution in [1.82, 2.24) is 4.90 Å². The SMILES string of the molecule is COc1ccccc1C(c1cc(Cl)ccc1OC)N1CCC(C(=O)O)CC1. The van der Waals surface area contributed by atoms with Crippen molar-refractivity contribution in [2.45, 2.75) is 18.9 Å². The first-order valence-corrected chi connectivity index (χ1v) is 9.36. The van der Waals surface area contributed by atoms with Crippen LogP contribution >= 0.6 is 11.6 Å². The van der Waals surface area contributed by atoms with E-state index in [0.717, 1.165) is 22.6 Å². The second-order valence-corrected chi connectivity index (χ2v) is 7.12. The maximum Gasteiger partial charge on any atom is 0.306 e. The lowest BCUT2D eigenvalue weighted by atomic mass is 9.90. The van der Waals surface area contributed by atoms with Crippen LogP contribution in [-0.4, -0.2) is 43.3 Å². The van der Waals surface area contributed by atoms with Crippen LogP contribution in [0.4, 0.5) is 0 Å². The molecule has 0 aliphatic carbocycles. The van der Waals surface area contributed by atoms with E-state index in [1.54, 1.807) is 20.3 Å². The zero-order valence-corrected chi connectivity index (χ0v) is 16.3. The Kier molecular flexibility index (Phi) is 6.24. The molecule has 1 aliphatic heterocycles. The van der Waals surface area contributed by atoms with Crippen LogP contribution in [0.2, 0.25) is 5.02 Å². The summed E-state index contributed by atoms with van der Waals surface area (Å²) in [5.41, 5.74) is 1.96. The number of hydrogen-bond donors (Lipinski definition) is 1. The molecular formula is C21H24ClNO4. The Labute approximate surface area is 164 Å². The lowest BCUT2D eigenvalue weighted by Gasteiger charge is -2.38. The van der Waals surface area contributed by atoms with Crippen LogP contribution < -0.4 is 9.47 Å². The van der Waals surface area contributed by atoms with Gasteiger partial charge >= 0.3 is 5.97 Å². The molecule has 6 heteroatoms. The number of ether oxygens (including phenoxy) is 2. The maximum atomic E-state index is 11.3. The van der Waals surface area contributed by atoms with Crippen LogP contribution in [0.25, 0.3) is 0 Å². The van der Waals surface area contributed by atoms with Crippen LogP contribution in [-0.2, 0) is 4.79 Å². The van der Waals surface area contributed by atoms with Gasteiger partial charge in [-0.2, -0.15) is 0 Å². The molecule has 0 bridgehead atoms. The van der Waals surface area contributed by atoms with Crippen LogP contribution in [0.5, 0.6) is 11.5 Å². The van der Waals surface area contributed by atoms with Gasteiger partial charge in [-0.1, -0.05) is 29.8 Å². The summed E-state index contributed by atoms with van der Waals surface area (Å²) in [5, 5.41) is 9.95. The first kappa shape index (κ1) is 19.5. The molecule has 2 aromatic rings. The number of carboxylic acid groups (broad SMARTS) is 1. The third kappa shape index (κ3) is 4.20. The lowest BCUT2D eigenvalue weighted by Crippen LogP contribution is -2.39. The molecular weight excluding hydrogens is 366 g/mol. The average Bonchev–Trinajstić information content (AvgIpc) is 2.69. The second kappa shape index (κ2) is 8.63. The molecule has 1 aliphatic rings. The van der Waals surface area contributed by atoms with Crippen LogP contribution in [0.15, 0.2) is 42.5 Å². The summed E-state index contributed by atoms with van der Waals surface area (Å²) in [6.45, 7) is 1.35.